The number of halogens is 3. The summed E-state index contributed by atoms with van der Waals surface area (Å²) in [7, 11) is 0. The lowest BCUT2D eigenvalue weighted by atomic mass is 9.74. The Hall–Kier alpha value is -3.35. The Morgan fingerprint density at radius 3 is 2.65 bits per heavy atom. The summed E-state index contributed by atoms with van der Waals surface area (Å²) in [6, 6.07) is 1.41. The number of nitrogens with zero attached hydrogens (tertiary/aromatic N) is 6. The molecule has 3 aromatic heterocycles. The van der Waals surface area contributed by atoms with E-state index in [0.717, 1.165) is 69.5 Å². The third kappa shape index (κ3) is 3.82. The maximum absolute atomic E-state index is 13.4. The minimum absolute atomic E-state index is 0.0190. The van der Waals surface area contributed by atoms with Crippen molar-refractivity contribution in [2.75, 3.05) is 42.9 Å². The Balaban J connectivity index is 1.19. The van der Waals surface area contributed by atoms with Gasteiger partial charge in [-0.05, 0) is 38.2 Å². The van der Waals surface area contributed by atoms with Gasteiger partial charge in [0.25, 0.3) is 0 Å². The van der Waals surface area contributed by atoms with Crippen LogP contribution in [0.4, 0.5) is 29.5 Å². The van der Waals surface area contributed by atoms with Crippen LogP contribution in [0.25, 0.3) is 22.3 Å². The first kappa shape index (κ1) is 22.8. The Kier molecular flexibility index (Phi) is 4.83. The molecule has 1 aliphatic carbocycles. The number of hydrogen-bond donors (Lipinski definition) is 3. The van der Waals surface area contributed by atoms with E-state index >= 15 is 0 Å². The number of piperidine rings is 1. The molecule has 0 aromatic carbocycles. The quantitative estimate of drug-likeness (QED) is 0.492. The zero-order valence-corrected chi connectivity index (χ0v) is 20.2. The van der Waals surface area contributed by atoms with Gasteiger partial charge in [0.05, 0.1) is 28.5 Å². The topological polar surface area (TPSA) is 107 Å². The number of fused-ring (bicyclic) bond motifs is 1. The summed E-state index contributed by atoms with van der Waals surface area (Å²) in [5, 5.41) is 18.1. The third-order valence-electron chi connectivity index (χ3n) is 8.35. The summed E-state index contributed by atoms with van der Waals surface area (Å²) in [4.78, 5) is 21.6. The molecule has 0 radical (unpaired) electrons. The van der Waals surface area contributed by atoms with Gasteiger partial charge in [-0.2, -0.15) is 23.4 Å². The molecule has 2 amide bonds. The number of amides is 2. The number of aromatic amines is 1. The van der Waals surface area contributed by atoms with Crippen LogP contribution in [0.1, 0.15) is 32.1 Å². The molecule has 37 heavy (non-hydrogen) atoms. The highest BCUT2D eigenvalue weighted by Gasteiger charge is 2.51. The lowest BCUT2D eigenvalue weighted by Crippen LogP contribution is -2.71. The van der Waals surface area contributed by atoms with Crippen molar-refractivity contribution in [3.05, 3.63) is 18.5 Å². The van der Waals surface area contributed by atoms with Crippen LogP contribution in [0.2, 0.25) is 0 Å². The number of hydrogen-bond acceptors (Lipinski definition) is 6. The van der Waals surface area contributed by atoms with Gasteiger partial charge in [-0.15, -0.1) is 0 Å². The van der Waals surface area contributed by atoms with E-state index in [-0.39, 0.29) is 17.0 Å². The van der Waals surface area contributed by atoms with Crippen molar-refractivity contribution in [1.82, 2.24) is 35.2 Å². The molecule has 10 nitrogen and oxygen atoms in total. The smallest absolute Gasteiger partial charge is 0.353 e. The van der Waals surface area contributed by atoms with E-state index in [1.165, 1.54) is 6.20 Å². The van der Waals surface area contributed by atoms with Crippen molar-refractivity contribution < 1.29 is 18.0 Å². The van der Waals surface area contributed by atoms with Gasteiger partial charge in [-0.3, -0.25) is 14.8 Å². The third-order valence-corrected chi connectivity index (χ3v) is 8.35. The number of alkyl halides is 3. The molecule has 6 heterocycles. The van der Waals surface area contributed by atoms with Gasteiger partial charge in [0.15, 0.2) is 5.82 Å². The van der Waals surface area contributed by atoms with E-state index < -0.39 is 12.7 Å². The van der Waals surface area contributed by atoms with Crippen LogP contribution in [0, 0.1) is 5.41 Å². The minimum Gasteiger partial charge on any atom is -0.353 e. The first-order valence-electron chi connectivity index (χ1n) is 12.8. The zero-order chi connectivity index (χ0) is 25.4. The van der Waals surface area contributed by atoms with Gasteiger partial charge in [-0.25, -0.2) is 4.79 Å². The van der Waals surface area contributed by atoms with Gasteiger partial charge in [-0.1, -0.05) is 0 Å². The molecular formula is C24H28F3N9O. The fraction of sp³-hybridized carbons (Fsp3) is 0.583. The maximum atomic E-state index is 13.4. The van der Waals surface area contributed by atoms with Gasteiger partial charge in [0.2, 0.25) is 0 Å². The second-order valence-electron chi connectivity index (χ2n) is 11.1. The number of H-pyrrole nitrogens is 1. The molecule has 196 valence electrons. The molecule has 0 atom stereocenters. The van der Waals surface area contributed by atoms with E-state index in [0.29, 0.717) is 33.8 Å². The van der Waals surface area contributed by atoms with E-state index in [1.807, 2.05) is 9.80 Å². The Morgan fingerprint density at radius 2 is 1.95 bits per heavy atom. The second kappa shape index (κ2) is 7.83. The van der Waals surface area contributed by atoms with Crippen molar-refractivity contribution in [3.63, 3.8) is 0 Å². The molecule has 2 spiro atoms. The van der Waals surface area contributed by atoms with E-state index in [9.17, 15) is 18.0 Å². The van der Waals surface area contributed by atoms with Crippen LogP contribution in [0.3, 0.4) is 0 Å². The lowest BCUT2D eigenvalue weighted by molar-refractivity contribution is -0.141. The maximum Gasteiger partial charge on any atom is 0.408 e. The van der Waals surface area contributed by atoms with Crippen molar-refractivity contribution in [3.8, 4) is 11.4 Å². The number of rotatable bonds is 4. The second-order valence-corrected chi connectivity index (χ2v) is 11.1. The average Bonchev–Trinajstić information content (AvgIpc) is 3.25. The summed E-state index contributed by atoms with van der Waals surface area (Å²) in [5.41, 5.74) is 1.80. The number of carbonyl (C=O) groups excluding carboxylic acids is 1. The van der Waals surface area contributed by atoms with E-state index in [4.69, 9.17) is 0 Å². The monoisotopic (exact) mass is 515 g/mol. The van der Waals surface area contributed by atoms with E-state index in [2.05, 4.69) is 30.9 Å². The van der Waals surface area contributed by atoms with Gasteiger partial charge in [0, 0.05) is 49.9 Å². The fourth-order valence-corrected chi connectivity index (χ4v) is 6.16. The van der Waals surface area contributed by atoms with Crippen molar-refractivity contribution in [1.29, 1.82) is 0 Å². The molecule has 13 heteroatoms. The molecular weight excluding hydrogens is 487 g/mol. The summed E-state index contributed by atoms with van der Waals surface area (Å²) < 4.78 is 41.3. The molecule has 3 aromatic rings. The predicted octanol–water partition coefficient (Wildman–Crippen LogP) is 3.34. The van der Waals surface area contributed by atoms with Crippen LogP contribution in [0.5, 0.6) is 0 Å². The first-order chi connectivity index (χ1) is 17.7. The number of anilines is 2. The Bertz CT molecular complexity index is 1360. The zero-order valence-electron chi connectivity index (χ0n) is 20.2. The molecule has 4 aliphatic rings. The lowest BCUT2D eigenvalue weighted by Gasteiger charge is -2.56. The van der Waals surface area contributed by atoms with Crippen LogP contribution in [-0.4, -0.2) is 80.3 Å². The molecule has 3 N–H and O–H groups in total. The standard InChI is InChI=1S/C24H28F3N9O/c25-24(26,27)14-36-18-7-16(29-8-15(18)20(33-36)34-12-22(13-34)10-28-11-22)19-17(9-30-32-19)31-21(37)35-6-2-1-3-23(35)4-5-23/h7-9,28H,1-6,10-14H2,(H,30,32)(H,31,37). The average molecular weight is 516 g/mol. The largest absolute Gasteiger partial charge is 0.408 e. The summed E-state index contributed by atoms with van der Waals surface area (Å²) in [5.74, 6) is 0.522. The summed E-state index contributed by atoms with van der Waals surface area (Å²) >= 11 is 0. The van der Waals surface area contributed by atoms with E-state index in [1.54, 1.807) is 12.3 Å². The minimum atomic E-state index is -4.42. The first-order valence-corrected chi connectivity index (χ1v) is 12.8. The number of nitrogens with one attached hydrogen (secondary N) is 3. The Morgan fingerprint density at radius 1 is 1.14 bits per heavy atom. The number of aromatic nitrogens is 5. The Labute approximate surface area is 210 Å². The predicted molar refractivity (Wildman–Crippen MR) is 130 cm³/mol. The normalized spacial score (nSPS) is 21.8. The van der Waals surface area contributed by atoms with Crippen LogP contribution < -0.4 is 15.5 Å². The van der Waals surface area contributed by atoms with Crippen LogP contribution >= 0.6 is 0 Å². The van der Waals surface area contributed by atoms with Gasteiger partial charge in [0.1, 0.15) is 12.2 Å². The van der Waals surface area contributed by atoms with Crippen molar-refractivity contribution in [2.45, 2.75) is 50.4 Å². The molecule has 7 rings (SSSR count). The number of urea groups is 1. The van der Waals surface area contributed by atoms with Crippen LogP contribution in [-0.2, 0) is 6.54 Å². The summed E-state index contributed by atoms with van der Waals surface area (Å²) in [6.45, 7) is 2.87. The summed E-state index contributed by atoms with van der Waals surface area (Å²) in [6.07, 6.45) is 3.84. The highest BCUT2D eigenvalue weighted by atomic mass is 19.4. The van der Waals surface area contributed by atoms with Gasteiger partial charge >= 0.3 is 12.2 Å². The fourth-order valence-electron chi connectivity index (χ4n) is 6.16. The number of likely N-dealkylation sites (tertiary alicyclic amines) is 1. The van der Waals surface area contributed by atoms with Crippen molar-refractivity contribution in [2.24, 2.45) is 5.41 Å². The number of carbonyl (C=O) groups is 1. The molecule has 3 aliphatic heterocycles. The highest BCUT2D eigenvalue weighted by Crippen LogP contribution is 2.48. The number of pyridine rings is 1. The van der Waals surface area contributed by atoms with Crippen molar-refractivity contribution >= 4 is 28.4 Å². The molecule has 3 saturated heterocycles. The highest BCUT2D eigenvalue weighted by molar-refractivity contribution is 5.96. The SMILES string of the molecule is O=C(Nc1cn[nH]c1-c1cc2c(cn1)c(N1CC3(CNC3)C1)nn2CC(F)(F)F)N1CCCCC12CC2. The molecule has 1 saturated carbocycles. The van der Waals surface area contributed by atoms with Crippen LogP contribution in [0.15, 0.2) is 18.5 Å². The molecule has 4 fully saturated rings. The molecule has 0 bridgehead atoms. The van der Waals surface area contributed by atoms with Gasteiger partial charge < -0.3 is 20.4 Å². The molecule has 0 unspecified atom stereocenters.